The fourth-order valence-electron chi connectivity index (χ4n) is 5.20. The van der Waals surface area contributed by atoms with Gasteiger partial charge < -0.3 is 15.4 Å². The number of ketones is 1. The number of allylic oxidation sites excluding steroid dienone is 1. The lowest BCUT2D eigenvalue weighted by atomic mass is 9.73. The summed E-state index contributed by atoms with van der Waals surface area (Å²) in [6.45, 7) is 4.12. The predicted octanol–water partition coefficient (Wildman–Crippen LogP) is 7.63. The molecule has 0 aromatic heterocycles. The summed E-state index contributed by atoms with van der Waals surface area (Å²) in [6, 6.07) is 17.8. The minimum absolute atomic E-state index is 0.0454. The number of para-hydroxylation sites is 2. The topological polar surface area (TPSA) is 87.7 Å². The Bertz CT molecular complexity index is 1510. The molecule has 0 spiro atoms. The molecule has 7 nitrogen and oxygen atoms in total. The molecule has 200 valence electrons. The summed E-state index contributed by atoms with van der Waals surface area (Å²) in [5.41, 5.74) is 3.82. The van der Waals surface area contributed by atoms with E-state index in [9.17, 15) is 14.4 Å². The first-order chi connectivity index (χ1) is 18.6. The summed E-state index contributed by atoms with van der Waals surface area (Å²) in [7, 11) is 1.32. The number of benzene rings is 3. The number of urea groups is 1. The monoisotopic (exact) mass is 563 g/mol. The van der Waals surface area contributed by atoms with Crippen LogP contribution in [-0.2, 0) is 9.53 Å². The van der Waals surface area contributed by atoms with Crippen molar-refractivity contribution in [1.29, 1.82) is 0 Å². The number of amides is 2. The second-order valence-corrected chi connectivity index (χ2v) is 11.2. The Morgan fingerprint density at radius 1 is 1.00 bits per heavy atom. The number of nitrogens with one attached hydrogen (secondary N) is 2. The Balaban J connectivity index is 1.69. The van der Waals surface area contributed by atoms with Crippen LogP contribution in [0.2, 0.25) is 10.0 Å². The summed E-state index contributed by atoms with van der Waals surface area (Å²) in [5.74, 6) is -0.519. The molecule has 2 aliphatic rings. The highest BCUT2D eigenvalue weighted by Gasteiger charge is 2.43. The normalized spacial score (nSPS) is 17.9. The first-order valence-electron chi connectivity index (χ1n) is 12.4. The number of methoxy groups -OCH3 is 1. The van der Waals surface area contributed by atoms with E-state index in [1.165, 1.54) is 7.11 Å². The number of hydrogen-bond donors (Lipinski definition) is 2. The van der Waals surface area contributed by atoms with Crippen LogP contribution in [0.3, 0.4) is 0 Å². The highest BCUT2D eigenvalue weighted by atomic mass is 35.5. The van der Waals surface area contributed by atoms with Crippen LogP contribution in [0.25, 0.3) is 0 Å². The van der Waals surface area contributed by atoms with Crippen molar-refractivity contribution in [2.24, 2.45) is 5.41 Å². The van der Waals surface area contributed by atoms with Gasteiger partial charge in [-0.05, 0) is 59.9 Å². The van der Waals surface area contributed by atoms with E-state index in [1.54, 1.807) is 47.4 Å². The van der Waals surface area contributed by atoms with E-state index in [4.69, 9.17) is 27.9 Å². The number of carbonyl (C=O) groups is 3. The standard InChI is InChI=1S/C30H27Cl2N3O4/c1-30(2)15-23-26(25(36)16-30)27(17-8-10-18(11-9-17)28(37)39-3)35(24-7-5-4-6-22(24)34-23)29(38)33-19-12-13-20(31)21(32)14-19/h4-14,27,34H,15-16H2,1-3H3,(H,33,38)/t27-/m0/s1. The quantitative estimate of drug-likeness (QED) is 0.320. The summed E-state index contributed by atoms with van der Waals surface area (Å²) in [4.78, 5) is 41.6. The molecule has 0 saturated heterocycles. The van der Waals surface area contributed by atoms with Crippen LogP contribution in [0.1, 0.15) is 48.7 Å². The van der Waals surface area contributed by atoms with Crippen LogP contribution in [0.5, 0.6) is 0 Å². The maximum atomic E-state index is 14.1. The average molecular weight is 564 g/mol. The van der Waals surface area contributed by atoms with Crippen LogP contribution < -0.4 is 15.5 Å². The number of halogens is 2. The second-order valence-electron chi connectivity index (χ2n) is 10.4. The number of ether oxygens (including phenoxy) is 1. The molecule has 1 aliphatic carbocycles. The van der Waals surface area contributed by atoms with E-state index in [1.807, 2.05) is 24.3 Å². The van der Waals surface area contributed by atoms with E-state index in [2.05, 4.69) is 24.5 Å². The molecule has 0 fully saturated rings. The molecule has 39 heavy (non-hydrogen) atoms. The molecule has 0 unspecified atom stereocenters. The molecule has 3 aromatic rings. The first-order valence-corrected chi connectivity index (χ1v) is 13.2. The van der Waals surface area contributed by atoms with Crippen molar-refractivity contribution in [1.82, 2.24) is 0 Å². The summed E-state index contributed by atoms with van der Waals surface area (Å²) in [5, 5.41) is 7.07. The molecular formula is C30H27Cl2N3O4. The van der Waals surface area contributed by atoms with Gasteiger partial charge in [0, 0.05) is 23.4 Å². The van der Waals surface area contributed by atoms with E-state index in [0.717, 1.165) is 5.70 Å². The van der Waals surface area contributed by atoms with Gasteiger partial charge in [0.2, 0.25) is 0 Å². The van der Waals surface area contributed by atoms with Crippen LogP contribution >= 0.6 is 23.2 Å². The number of nitrogens with zero attached hydrogens (tertiary/aromatic N) is 1. The van der Waals surface area contributed by atoms with Gasteiger partial charge in [-0.1, -0.05) is 61.3 Å². The SMILES string of the molecule is COC(=O)c1ccc([C@H]2C3=C(CC(C)(C)CC3=O)Nc3ccccc3N2C(=O)Nc2ccc(Cl)c(Cl)c2)cc1. The molecular weight excluding hydrogens is 537 g/mol. The zero-order chi connectivity index (χ0) is 27.9. The zero-order valence-corrected chi connectivity index (χ0v) is 23.2. The first kappa shape index (κ1) is 26.8. The van der Waals surface area contributed by atoms with Gasteiger partial charge in [-0.2, -0.15) is 0 Å². The van der Waals surface area contributed by atoms with Crippen molar-refractivity contribution in [3.05, 3.63) is 99.2 Å². The van der Waals surface area contributed by atoms with E-state index < -0.39 is 18.0 Å². The lowest BCUT2D eigenvalue weighted by Gasteiger charge is -2.37. The van der Waals surface area contributed by atoms with Gasteiger partial charge in [-0.25, -0.2) is 9.59 Å². The van der Waals surface area contributed by atoms with Crippen LogP contribution in [0, 0.1) is 5.41 Å². The van der Waals surface area contributed by atoms with E-state index in [0.29, 0.717) is 56.6 Å². The zero-order valence-electron chi connectivity index (χ0n) is 21.7. The predicted molar refractivity (Wildman–Crippen MR) is 154 cm³/mol. The molecule has 3 aromatic carbocycles. The number of esters is 1. The third-order valence-corrected chi connectivity index (χ3v) is 7.68. The molecule has 2 N–H and O–H groups in total. The number of rotatable bonds is 3. The Morgan fingerprint density at radius 3 is 2.41 bits per heavy atom. The molecule has 9 heteroatoms. The fourth-order valence-corrected chi connectivity index (χ4v) is 5.50. The Kier molecular flexibility index (Phi) is 7.14. The molecule has 0 radical (unpaired) electrons. The maximum absolute atomic E-state index is 14.1. The van der Waals surface area contributed by atoms with E-state index >= 15 is 0 Å². The van der Waals surface area contributed by atoms with Crippen molar-refractivity contribution in [2.75, 3.05) is 22.6 Å². The van der Waals surface area contributed by atoms with Crippen molar-refractivity contribution >= 4 is 58.0 Å². The summed E-state index contributed by atoms with van der Waals surface area (Å²) >= 11 is 12.3. The van der Waals surface area contributed by atoms with Crippen molar-refractivity contribution < 1.29 is 19.1 Å². The minimum atomic E-state index is -0.769. The highest BCUT2D eigenvalue weighted by molar-refractivity contribution is 6.42. The van der Waals surface area contributed by atoms with Crippen molar-refractivity contribution in [2.45, 2.75) is 32.7 Å². The fraction of sp³-hybridized carbons (Fsp3) is 0.233. The van der Waals surface area contributed by atoms with Crippen molar-refractivity contribution in [3.63, 3.8) is 0 Å². The van der Waals surface area contributed by atoms with E-state index in [-0.39, 0.29) is 11.2 Å². The maximum Gasteiger partial charge on any atom is 0.337 e. The lowest BCUT2D eigenvalue weighted by molar-refractivity contribution is -0.118. The van der Waals surface area contributed by atoms with Gasteiger partial charge in [0.15, 0.2) is 5.78 Å². The smallest absolute Gasteiger partial charge is 0.337 e. The lowest BCUT2D eigenvalue weighted by Crippen LogP contribution is -2.41. The molecule has 1 aliphatic heterocycles. The average Bonchev–Trinajstić information content (AvgIpc) is 3.04. The second kappa shape index (κ2) is 10.4. The van der Waals surface area contributed by atoms with Crippen LogP contribution in [0.4, 0.5) is 21.9 Å². The third kappa shape index (κ3) is 5.24. The van der Waals surface area contributed by atoms with Gasteiger partial charge in [0.25, 0.3) is 0 Å². The molecule has 1 atom stereocenters. The number of hydrogen-bond acceptors (Lipinski definition) is 5. The Labute approximate surface area is 236 Å². The van der Waals surface area contributed by atoms with Gasteiger partial charge in [0.05, 0.1) is 40.1 Å². The Morgan fingerprint density at radius 2 is 1.72 bits per heavy atom. The van der Waals surface area contributed by atoms with Gasteiger partial charge in [-0.15, -0.1) is 0 Å². The molecule has 2 amide bonds. The third-order valence-electron chi connectivity index (χ3n) is 6.94. The van der Waals surface area contributed by atoms with Crippen LogP contribution in [-0.4, -0.2) is 24.9 Å². The number of Topliss-reactive ketones (excluding diaryl/α,β-unsaturated/α-hetero) is 1. The number of fused-ring (bicyclic) bond motifs is 1. The number of carbonyl (C=O) groups excluding carboxylic acids is 3. The summed E-state index contributed by atoms with van der Waals surface area (Å²) < 4.78 is 4.85. The van der Waals surface area contributed by atoms with Gasteiger partial charge in [0.1, 0.15) is 0 Å². The molecule has 0 bridgehead atoms. The van der Waals surface area contributed by atoms with Gasteiger partial charge >= 0.3 is 12.0 Å². The molecule has 1 heterocycles. The highest BCUT2D eigenvalue weighted by Crippen LogP contribution is 2.48. The largest absolute Gasteiger partial charge is 0.465 e. The van der Waals surface area contributed by atoms with Crippen LogP contribution in [0.15, 0.2) is 78.0 Å². The van der Waals surface area contributed by atoms with Gasteiger partial charge in [-0.3, -0.25) is 9.69 Å². The molecule has 5 rings (SSSR count). The summed E-state index contributed by atoms with van der Waals surface area (Å²) in [6.07, 6.45) is 0.963. The number of anilines is 3. The minimum Gasteiger partial charge on any atom is -0.465 e. The molecule has 0 saturated carbocycles. The Hall–Kier alpha value is -3.81. The van der Waals surface area contributed by atoms with Crippen molar-refractivity contribution in [3.8, 4) is 0 Å².